The zero-order valence-electron chi connectivity index (χ0n) is 7.43. The standard InChI is InChI=1S/C4H8N2O4.C2H4.Na/c5-1(3(7)8)2(6)4(9)10;1-2;/h1-2H,5-6H2,(H,7,8)(H,9,10);1-2H2;. The van der Waals surface area contributed by atoms with E-state index in [1.807, 2.05) is 0 Å². The largest absolute Gasteiger partial charge is 0.480 e. The van der Waals surface area contributed by atoms with Gasteiger partial charge in [0.2, 0.25) is 0 Å². The monoisotopic (exact) mass is 199 g/mol. The van der Waals surface area contributed by atoms with Crippen molar-refractivity contribution in [2.75, 3.05) is 0 Å². The summed E-state index contributed by atoms with van der Waals surface area (Å²) in [6.07, 6.45) is 0. The van der Waals surface area contributed by atoms with Crippen LogP contribution < -0.4 is 11.5 Å². The van der Waals surface area contributed by atoms with Crippen molar-refractivity contribution < 1.29 is 19.8 Å². The summed E-state index contributed by atoms with van der Waals surface area (Å²) in [7, 11) is 0. The van der Waals surface area contributed by atoms with Gasteiger partial charge in [-0.15, -0.1) is 13.2 Å². The fourth-order valence-corrected chi connectivity index (χ4v) is 0.307. The number of carboxylic acid groups (broad SMARTS) is 2. The smallest absolute Gasteiger partial charge is 0.322 e. The predicted octanol–water partition coefficient (Wildman–Crippen LogP) is -1.77. The van der Waals surface area contributed by atoms with Crippen molar-refractivity contribution in [1.29, 1.82) is 0 Å². The van der Waals surface area contributed by atoms with Crippen LogP contribution in [0.15, 0.2) is 13.2 Å². The van der Waals surface area contributed by atoms with Crippen LogP contribution in [0.2, 0.25) is 0 Å². The van der Waals surface area contributed by atoms with E-state index in [0.29, 0.717) is 0 Å². The van der Waals surface area contributed by atoms with Gasteiger partial charge < -0.3 is 21.7 Å². The van der Waals surface area contributed by atoms with Crippen LogP contribution in [0.1, 0.15) is 0 Å². The second-order valence-corrected chi connectivity index (χ2v) is 1.73. The minimum Gasteiger partial charge on any atom is -0.480 e. The van der Waals surface area contributed by atoms with E-state index in [0.717, 1.165) is 0 Å². The second kappa shape index (κ2) is 9.69. The minimum atomic E-state index is -1.54. The fourth-order valence-electron chi connectivity index (χ4n) is 0.307. The first-order valence-electron chi connectivity index (χ1n) is 2.93. The summed E-state index contributed by atoms with van der Waals surface area (Å²) in [5.41, 5.74) is 9.71. The second-order valence-electron chi connectivity index (χ2n) is 1.73. The van der Waals surface area contributed by atoms with Gasteiger partial charge in [0.1, 0.15) is 12.1 Å². The van der Waals surface area contributed by atoms with Gasteiger partial charge in [-0.2, -0.15) is 0 Å². The Morgan fingerprint density at radius 3 is 1.23 bits per heavy atom. The average molecular weight is 199 g/mol. The van der Waals surface area contributed by atoms with Crippen molar-refractivity contribution in [1.82, 2.24) is 0 Å². The molecule has 0 aliphatic carbocycles. The van der Waals surface area contributed by atoms with Gasteiger partial charge in [-0.25, -0.2) is 0 Å². The van der Waals surface area contributed by atoms with Crippen molar-refractivity contribution in [3.05, 3.63) is 13.2 Å². The molecular formula is C6H12N2NaO4. The van der Waals surface area contributed by atoms with Gasteiger partial charge in [0.15, 0.2) is 0 Å². The maximum absolute atomic E-state index is 9.98. The Kier molecular flexibility index (Phi) is 13.7. The number of hydrogen-bond donors (Lipinski definition) is 4. The summed E-state index contributed by atoms with van der Waals surface area (Å²) in [5, 5.41) is 16.3. The van der Waals surface area contributed by atoms with Gasteiger partial charge in [-0.05, 0) is 0 Å². The summed E-state index contributed by atoms with van der Waals surface area (Å²) in [6, 6.07) is -3.09. The average Bonchev–Trinajstić information content (AvgIpc) is 2.05. The number of carbonyl (C=O) groups is 2. The van der Waals surface area contributed by atoms with E-state index in [4.69, 9.17) is 21.7 Å². The van der Waals surface area contributed by atoms with Crippen LogP contribution in [0.5, 0.6) is 0 Å². The van der Waals surface area contributed by atoms with Crippen molar-refractivity contribution in [2.45, 2.75) is 12.1 Å². The molecule has 0 aliphatic heterocycles. The molecule has 0 aromatic carbocycles. The normalized spacial score (nSPS) is 12.5. The van der Waals surface area contributed by atoms with Crippen molar-refractivity contribution in [3.63, 3.8) is 0 Å². The molecule has 0 saturated carbocycles. The third-order valence-electron chi connectivity index (χ3n) is 0.957. The molecule has 6 N–H and O–H groups in total. The van der Waals surface area contributed by atoms with Crippen LogP contribution in [-0.4, -0.2) is 63.8 Å². The van der Waals surface area contributed by atoms with Gasteiger partial charge >= 0.3 is 11.9 Å². The Hall–Kier alpha value is -0.400. The predicted molar refractivity (Wildman–Crippen MR) is 48.2 cm³/mol. The van der Waals surface area contributed by atoms with Gasteiger partial charge in [0.25, 0.3) is 0 Å². The van der Waals surface area contributed by atoms with E-state index in [1.54, 1.807) is 0 Å². The number of aliphatic carboxylic acids is 2. The molecule has 0 amide bonds. The third-order valence-corrected chi connectivity index (χ3v) is 0.957. The Labute approximate surface area is 97.9 Å². The molecule has 0 fully saturated rings. The Bertz CT molecular complexity index is 158. The van der Waals surface area contributed by atoms with Gasteiger partial charge in [-0.3, -0.25) is 9.59 Å². The van der Waals surface area contributed by atoms with Crippen molar-refractivity contribution >= 4 is 41.5 Å². The van der Waals surface area contributed by atoms with Gasteiger partial charge in [0.05, 0.1) is 0 Å². The molecule has 0 heterocycles. The topological polar surface area (TPSA) is 127 Å². The van der Waals surface area contributed by atoms with E-state index >= 15 is 0 Å². The van der Waals surface area contributed by atoms with E-state index in [-0.39, 0.29) is 29.6 Å². The SMILES string of the molecule is C=C.NC(C(=O)O)C(N)C(=O)O.[Na]. The van der Waals surface area contributed by atoms with Crippen LogP contribution in [0.4, 0.5) is 0 Å². The maximum atomic E-state index is 9.98. The van der Waals surface area contributed by atoms with Crippen LogP contribution in [-0.2, 0) is 9.59 Å². The van der Waals surface area contributed by atoms with Crippen LogP contribution in [0.3, 0.4) is 0 Å². The van der Waals surface area contributed by atoms with Crippen LogP contribution >= 0.6 is 0 Å². The van der Waals surface area contributed by atoms with Crippen molar-refractivity contribution in [2.24, 2.45) is 11.5 Å². The molecule has 1 radical (unpaired) electrons. The molecule has 0 aromatic heterocycles. The molecule has 0 spiro atoms. The fraction of sp³-hybridized carbons (Fsp3) is 0.333. The van der Waals surface area contributed by atoms with E-state index in [2.05, 4.69) is 13.2 Å². The quantitative estimate of drug-likeness (QED) is 0.315. The van der Waals surface area contributed by atoms with E-state index in [9.17, 15) is 9.59 Å². The summed E-state index contributed by atoms with van der Waals surface area (Å²) >= 11 is 0. The zero-order valence-corrected chi connectivity index (χ0v) is 9.43. The summed E-state index contributed by atoms with van der Waals surface area (Å²) in [4.78, 5) is 20.0. The Morgan fingerprint density at radius 2 is 1.15 bits per heavy atom. The minimum absolute atomic E-state index is 0. The van der Waals surface area contributed by atoms with Gasteiger partial charge in [-0.1, -0.05) is 0 Å². The first-order valence-corrected chi connectivity index (χ1v) is 2.93. The molecule has 0 aliphatic rings. The van der Waals surface area contributed by atoms with E-state index < -0.39 is 24.0 Å². The molecule has 2 unspecified atom stereocenters. The van der Waals surface area contributed by atoms with E-state index in [1.165, 1.54) is 0 Å². The molecule has 2 atom stereocenters. The van der Waals surface area contributed by atoms with Crippen molar-refractivity contribution in [3.8, 4) is 0 Å². The summed E-state index contributed by atoms with van der Waals surface area (Å²) in [5.74, 6) is -2.84. The Morgan fingerprint density at radius 1 is 1.00 bits per heavy atom. The Balaban J connectivity index is -0.000000309. The molecule has 71 valence electrons. The maximum Gasteiger partial charge on any atom is 0.322 e. The molecule has 7 heteroatoms. The zero-order chi connectivity index (χ0) is 10.3. The van der Waals surface area contributed by atoms with Gasteiger partial charge in [0, 0.05) is 29.6 Å². The first kappa shape index (κ1) is 18.4. The molecule has 0 bridgehead atoms. The number of nitrogens with two attached hydrogens (primary N) is 2. The third kappa shape index (κ3) is 7.94. The molecule has 13 heavy (non-hydrogen) atoms. The van der Waals surface area contributed by atoms with Crippen LogP contribution in [0.25, 0.3) is 0 Å². The number of rotatable bonds is 3. The molecule has 0 aromatic rings. The molecule has 6 nitrogen and oxygen atoms in total. The molecule has 0 saturated heterocycles. The summed E-state index contributed by atoms with van der Waals surface area (Å²) in [6.45, 7) is 6.00. The number of hydrogen-bond acceptors (Lipinski definition) is 4. The molecule has 0 rings (SSSR count). The number of carboxylic acids is 2. The first-order chi connectivity index (χ1) is 5.46. The molecular weight excluding hydrogens is 187 g/mol. The summed E-state index contributed by atoms with van der Waals surface area (Å²) < 4.78 is 0. The van der Waals surface area contributed by atoms with Crippen LogP contribution in [0, 0.1) is 0 Å².